The summed E-state index contributed by atoms with van der Waals surface area (Å²) in [6.07, 6.45) is 1.73. The Morgan fingerprint density at radius 3 is 2.83 bits per heavy atom. The molecule has 1 N–H and O–H groups in total. The SMILES string of the molecule is COc1ncccc1CNCc1cccc(C)n1. The van der Waals surface area contributed by atoms with Gasteiger partial charge in [-0.15, -0.1) is 0 Å². The molecule has 2 rings (SSSR count). The van der Waals surface area contributed by atoms with E-state index in [0.717, 1.165) is 23.5 Å². The van der Waals surface area contributed by atoms with Crippen molar-refractivity contribution in [3.63, 3.8) is 0 Å². The summed E-state index contributed by atoms with van der Waals surface area (Å²) in [6.45, 7) is 3.44. The summed E-state index contributed by atoms with van der Waals surface area (Å²) in [5.74, 6) is 0.669. The van der Waals surface area contributed by atoms with Gasteiger partial charge in [-0.2, -0.15) is 0 Å². The second-order valence-corrected chi connectivity index (χ2v) is 4.05. The predicted octanol–water partition coefficient (Wildman–Crippen LogP) is 2.08. The van der Waals surface area contributed by atoms with Crippen molar-refractivity contribution in [1.29, 1.82) is 0 Å². The van der Waals surface area contributed by atoms with Crippen molar-refractivity contribution in [3.8, 4) is 5.88 Å². The summed E-state index contributed by atoms with van der Waals surface area (Å²) in [7, 11) is 1.63. The minimum absolute atomic E-state index is 0.669. The number of aromatic nitrogens is 2. The fourth-order valence-corrected chi connectivity index (χ4v) is 1.77. The minimum atomic E-state index is 0.669. The first kappa shape index (κ1) is 12.5. The van der Waals surface area contributed by atoms with Crippen molar-refractivity contribution < 1.29 is 4.74 Å². The number of hydrogen-bond donors (Lipinski definition) is 1. The van der Waals surface area contributed by atoms with Crippen molar-refractivity contribution in [3.05, 3.63) is 53.5 Å². The Hall–Kier alpha value is -1.94. The Morgan fingerprint density at radius 1 is 1.17 bits per heavy atom. The minimum Gasteiger partial charge on any atom is -0.481 e. The van der Waals surface area contributed by atoms with Crippen LogP contribution in [-0.4, -0.2) is 17.1 Å². The first-order chi connectivity index (χ1) is 8.79. The van der Waals surface area contributed by atoms with Gasteiger partial charge in [0, 0.05) is 30.5 Å². The molecule has 4 nitrogen and oxygen atoms in total. The standard InChI is InChI=1S/C14H17N3O/c1-11-5-3-7-13(17-11)10-15-9-12-6-4-8-16-14(12)18-2/h3-8,15H,9-10H2,1-2H3. The highest BCUT2D eigenvalue weighted by atomic mass is 16.5. The van der Waals surface area contributed by atoms with Crippen LogP contribution in [0.15, 0.2) is 36.5 Å². The van der Waals surface area contributed by atoms with E-state index >= 15 is 0 Å². The van der Waals surface area contributed by atoms with Gasteiger partial charge in [-0.1, -0.05) is 12.1 Å². The number of aryl methyl sites for hydroxylation is 1. The maximum absolute atomic E-state index is 5.20. The maximum atomic E-state index is 5.20. The van der Waals surface area contributed by atoms with Crippen LogP contribution in [0.5, 0.6) is 5.88 Å². The van der Waals surface area contributed by atoms with Crippen molar-refractivity contribution >= 4 is 0 Å². The second-order valence-electron chi connectivity index (χ2n) is 4.05. The van der Waals surface area contributed by atoms with Crippen molar-refractivity contribution in [2.75, 3.05) is 7.11 Å². The Morgan fingerprint density at radius 2 is 2.06 bits per heavy atom. The summed E-state index contributed by atoms with van der Waals surface area (Å²) in [5, 5.41) is 3.34. The van der Waals surface area contributed by atoms with Gasteiger partial charge in [0.05, 0.1) is 12.8 Å². The zero-order valence-corrected chi connectivity index (χ0v) is 10.7. The molecule has 0 fully saturated rings. The molecule has 2 heterocycles. The van der Waals surface area contributed by atoms with Crippen molar-refractivity contribution in [2.24, 2.45) is 0 Å². The number of hydrogen-bond acceptors (Lipinski definition) is 4. The molecule has 0 radical (unpaired) electrons. The van der Waals surface area contributed by atoms with Crippen LogP contribution >= 0.6 is 0 Å². The first-order valence-electron chi connectivity index (χ1n) is 5.90. The van der Waals surface area contributed by atoms with E-state index in [4.69, 9.17) is 4.74 Å². The molecule has 0 spiro atoms. The van der Waals surface area contributed by atoms with Crippen LogP contribution in [0.1, 0.15) is 17.0 Å². The molecule has 0 unspecified atom stereocenters. The summed E-state index contributed by atoms with van der Waals surface area (Å²) < 4.78 is 5.20. The van der Waals surface area contributed by atoms with Crippen LogP contribution in [0.2, 0.25) is 0 Å². The average Bonchev–Trinajstić information content (AvgIpc) is 2.39. The summed E-state index contributed by atoms with van der Waals surface area (Å²) >= 11 is 0. The molecule has 0 aromatic carbocycles. The van der Waals surface area contributed by atoms with E-state index in [1.165, 1.54) is 0 Å². The van der Waals surface area contributed by atoms with Crippen LogP contribution in [0.4, 0.5) is 0 Å². The lowest BCUT2D eigenvalue weighted by molar-refractivity contribution is 0.390. The number of rotatable bonds is 5. The molecule has 0 amide bonds. The van der Waals surface area contributed by atoms with Crippen LogP contribution in [0, 0.1) is 6.92 Å². The predicted molar refractivity (Wildman–Crippen MR) is 70.3 cm³/mol. The van der Waals surface area contributed by atoms with Gasteiger partial charge in [0.1, 0.15) is 0 Å². The zero-order valence-electron chi connectivity index (χ0n) is 10.7. The number of ether oxygens (including phenoxy) is 1. The van der Waals surface area contributed by atoms with E-state index in [-0.39, 0.29) is 0 Å². The molecule has 0 aliphatic rings. The molecule has 0 saturated carbocycles. The molecule has 94 valence electrons. The van der Waals surface area contributed by atoms with E-state index in [9.17, 15) is 0 Å². The first-order valence-corrected chi connectivity index (χ1v) is 5.90. The largest absolute Gasteiger partial charge is 0.481 e. The third-order valence-corrected chi connectivity index (χ3v) is 2.61. The molecule has 0 aliphatic carbocycles. The average molecular weight is 243 g/mol. The molecule has 2 aromatic rings. The van der Waals surface area contributed by atoms with Gasteiger partial charge in [-0.3, -0.25) is 4.98 Å². The third kappa shape index (κ3) is 3.28. The number of methoxy groups -OCH3 is 1. The van der Waals surface area contributed by atoms with Crippen molar-refractivity contribution in [1.82, 2.24) is 15.3 Å². The summed E-state index contributed by atoms with van der Waals surface area (Å²) in [4.78, 5) is 8.60. The van der Waals surface area contributed by atoms with Gasteiger partial charge >= 0.3 is 0 Å². The van der Waals surface area contributed by atoms with Gasteiger partial charge in [0.15, 0.2) is 0 Å². The van der Waals surface area contributed by atoms with Crippen molar-refractivity contribution in [2.45, 2.75) is 20.0 Å². The highest BCUT2D eigenvalue weighted by Crippen LogP contribution is 2.12. The molecule has 0 aliphatic heterocycles. The Kier molecular flexibility index (Phi) is 4.25. The lowest BCUT2D eigenvalue weighted by Gasteiger charge is -2.08. The third-order valence-electron chi connectivity index (χ3n) is 2.61. The Bertz CT molecular complexity index is 514. The molecule has 0 saturated heterocycles. The smallest absolute Gasteiger partial charge is 0.217 e. The maximum Gasteiger partial charge on any atom is 0.217 e. The fraction of sp³-hybridized carbons (Fsp3) is 0.286. The Labute approximate surface area is 107 Å². The molecule has 4 heteroatoms. The van der Waals surface area contributed by atoms with Crippen LogP contribution in [0.25, 0.3) is 0 Å². The number of nitrogens with one attached hydrogen (secondary N) is 1. The molecular weight excluding hydrogens is 226 g/mol. The van der Waals surface area contributed by atoms with E-state index in [0.29, 0.717) is 12.4 Å². The summed E-state index contributed by atoms with van der Waals surface area (Å²) in [6, 6.07) is 9.94. The van der Waals surface area contributed by atoms with E-state index in [1.807, 2.05) is 37.3 Å². The normalized spacial score (nSPS) is 10.3. The zero-order chi connectivity index (χ0) is 12.8. The fourth-order valence-electron chi connectivity index (χ4n) is 1.77. The van der Waals surface area contributed by atoms with Crippen LogP contribution < -0.4 is 10.1 Å². The van der Waals surface area contributed by atoms with E-state index in [2.05, 4.69) is 15.3 Å². The van der Waals surface area contributed by atoms with Crippen LogP contribution in [-0.2, 0) is 13.1 Å². The topological polar surface area (TPSA) is 47.0 Å². The van der Waals surface area contributed by atoms with Gasteiger partial charge in [-0.05, 0) is 25.1 Å². The number of pyridine rings is 2. The number of nitrogens with zero attached hydrogens (tertiary/aromatic N) is 2. The van der Waals surface area contributed by atoms with Crippen LogP contribution in [0.3, 0.4) is 0 Å². The van der Waals surface area contributed by atoms with Gasteiger partial charge < -0.3 is 10.1 Å². The summed E-state index contributed by atoms with van der Waals surface area (Å²) in [5.41, 5.74) is 3.12. The lowest BCUT2D eigenvalue weighted by Crippen LogP contribution is -2.14. The van der Waals surface area contributed by atoms with Gasteiger partial charge in [0.25, 0.3) is 0 Å². The molecule has 0 bridgehead atoms. The molecule has 0 atom stereocenters. The highest BCUT2D eigenvalue weighted by molar-refractivity contribution is 5.25. The van der Waals surface area contributed by atoms with Gasteiger partial charge in [-0.25, -0.2) is 4.98 Å². The second kappa shape index (κ2) is 6.12. The quantitative estimate of drug-likeness (QED) is 0.873. The molecule has 18 heavy (non-hydrogen) atoms. The lowest BCUT2D eigenvalue weighted by atomic mass is 10.2. The van der Waals surface area contributed by atoms with E-state index in [1.54, 1.807) is 13.3 Å². The molecule has 2 aromatic heterocycles. The van der Waals surface area contributed by atoms with Gasteiger partial charge in [0.2, 0.25) is 5.88 Å². The van der Waals surface area contributed by atoms with E-state index < -0.39 is 0 Å². The highest BCUT2D eigenvalue weighted by Gasteiger charge is 2.02. The Balaban J connectivity index is 1.92. The molecular formula is C14H17N3O. The monoisotopic (exact) mass is 243 g/mol.